The molecule has 254 valence electrons. The fourth-order valence-corrected chi connectivity index (χ4v) is 8.66. The maximum absolute atomic E-state index is 6.55. The molecule has 2 aliphatic rings. The molecule has 7 aromatic carbocycles. The number of benzene rings is 7. The number of rotatable bonds is 4. The molecular weight excluding hydrogens is 651 g/mol. The second-order valence-corrected chi connectivity index (χ2v) is 14.8. The third-order valence-corrected chi connectivity index (χ3v) is 11.4. The Kier molecular flexibility index (Phi) is 6.43. The molecule has 1 aliphatic carbocycles. The fraction of sp³-hybridized carbons (Fsp3) is 0.104. The van der Waals surface area contributed by atoms with Gasteiger partial charge in [-0.05, 0) is 75.3 Å². The zero-order chi connectivity index (χ0) is 35.3. The van der Waals surface area contributed by atoms with Gasteiger partial charge in [0.1, 0.15) is 40.5 Å². The van der Waals surface area contributed by atoms with Crippen molar-refractivity contribution >= 4 is 49.7 Å². The molecule has 5 heteroatoms. The maximum Gasteiger partial charge on any atom is 0.142 e. The molecule has 5 nitrogen and oxygen atoms in total. The van der Waals surface area contributed by atoms with Gasteiger partial charge in [0.25, 0.3) is 0 Å². The Morgan fingerprint density at radius 1 is 0.528 bits per heavy atom. The Hall–Kier alpha value is -6.43. The Morgan fingerprint density at radius 2 is 1.25 bits per heavy atom. The number of nitrogens with one attached hydrogen (secondary N) is 2. The molecule has 3 heterocycles. The lowest BCUT2D eigenvalue weighted by Gasteiger charge is -2.32. The summed E-state index contributed by atoms with van der Waals surface area (Å²) in [7, 11) is 0. The zero-order valence-corrected chi connectivity index (χ0v) is 29.4. The topological polar surface area (TPSA) is 62.7 Å². The van der Waals surface area contributed by atoms with Gasteiger partial charge in [0.05, 0.1) is 0 Å². The van der Waals surface area contributed by atoms with E-state index in [1.54, 1.807) is 0 Å². The summed E-state index contributed by atoms with van der Waals surface area (Å²) in [5, 5.41) is 12.0. The van der Waals surface area contributed by atoms with Gasteiger partial charge < -0.3 is 14.2 Å². The van der Waals surface area contributed by atoms with Crippen LogP contribution < -0.4 is 10.6 Å². The number of amidine groups is 1. The van der Waals surface area contributed by atoms with Gasteiger partial charge in [0, 0.05) is 38.1 Å². The number of fused-ring (bicyclic) bond motifs is 9. The molecule has 2 N–H and O–H groups in total. The van der Waals surface area contributed by atoms with Crippen LogP contribution in [0.5, 0.6) is 0 Å². The van der Waals surface area contributed by atoms with Crippen molar-refractivity contribution in [3.63, 3.8) is 0 Å². The molecule has 1 aliphatic heterocycles. The Balaban J connectivity index is 1.06. The maximum atomic E-state index is 6.55. The van der Waals surface area contributed by atoms with Crippen LogP contribution >= 0.6 is 0 Å². The Bertz CT molecular complexity index is 2950. The van der Waals surface area contributed by atoms with E-state index in [4.69, 9.17) is 13.8 Å². The Morgan fingerprint density at radius 3 is 2.15 bits per heavy atom. The second kappa shape index (κ2) is 11.3. The lowest BCUT2D eigenvalue weighted by molar-refractivity contribution is 0.408. The summed E-state index contributed by atoms with van der Waals surface area (Å²) in [5.74, 6) is 0.838. The van der Waals surface area contributed by atoms with Gasteiger partial charge in [-0.15, -0.1) is 0 Å². The van der Waals surface area contributed by atoms with Crippen LogP contribution in [-0.2, 0) is 5.41 Å². The average Bonchev–Trinajstić information content (AvgIpc) is 3.85. The van der Waals surface area contributed by atoms with E-state index >= 15 is 0 Å². The minimum atomic E-state index is -0.346. The van der Waals surface area contributed by atoms with E-state index in [1.165, 1.54) is 27.8 Å². The highest BCUT2D eigenvalue weighted by atomic mass is 16.3. The summed E-state index contributed by atoms with van der Waals surface area (Å²) in [5.41, 5.74) is 14.1. The predicted octanol–water partition coefficient (Wildman–Crippen LogP) is 11.8. The SMILES string of the molecule is CC1(C)c2ccccc2-c2ccc(C3=NC(c4ccc5oc6ccc(-c7ccccc7)cc6c5c4)NC(c4cccc5c4oc4ccccc45)N3)cc21. The molecule has 9 aromatic rings. The van der Waals surface area contributed by atoms with E-state index in [0.717, 1.165) is 72.0 Å². The van der Waals surface area contributed by atoms with Crippen molar-refractivity contribution < 1.29 is 8.83 Å². The molecule has 0 fully saturated rings. The standard InChI is InChI=1S/C48H35N3O2/c1-48(2)39-17-8-6-13-32(39)33-22-19-31(27-40(33)48)46-49-45(50-47(51-46)36-16-10-15-35-34-14-7-9-18-41(34)53-44(35)36)30-21-24-43-38(26-30)37-25-29(20-23-42(37)52-43)28-11-4-3-5-12-28/h3-27,45,47,50H,1-2H3,(H,49,51). The van der Waals surface area contributed by atoms with Crippen molar-refractivity contribution in [1.29, 1.82) is 0 Å². The van der Waals surface area contributed by atoms with E-state index in [2.05, 4.69) is 158 Å². The van der Waals surface area contributed by atoms with E-state index in [1.807, 2.05) is 18.2 Å². The highest BCUT2D eigenvalue weighted by Gasteiger charge is 2.36. The van der Waals surface area contributed by atoms with Crippen LogP contribution in [0.4, 0.5) is 0 Å². The first-order valence-corrected chi connectivity index (χ1v) is 18.3. The van der Waals surface area contributed by atoms with Gasteiger partial charge in [-0.3, -0.25) is 5.32 Å². The van der Waals surface area contributed by atoms with Crippen LogP contribution in [0.3, 0.4) is 0 Å². The van der Waals surface area contributed by atoms with Crippen LogP contribution in [0.15, 0.2) is 165 Å². The van der Waals surface area contributed by atoms with Gasteiger partial charge in [-0.1, -0.05) is 129 Å². The summed E-state index contributed by atoms with van der Waals surface area (Å²) in [4.78, 5) is 5.41. The minimum absolute atomic E-state index is 0.125. The van der Waals surface area contributed by atoms with Gasteiger partial charge in [-0.25, -0.2) is 4.99 Å². The molecule has 0 bridgehead atoms. The summed E-state index contributed by atoms with van der Waals surface area (Å²) in [6.07, 6.45) is -0.627. The largest absolute Gasteiger partial charge is 0.456 e. The Labute approximate surface area is 306 Å². The van der Waals surface area contributed by atoms with E-state index in [-0.39, 0.29) is 17.7 Å². The minimum Gasteiger partial charge on any atom is -0.456 e. The summed E-state index contributed by atoms with van der Waals surface area (Å²) >= 11 is 0. The number of aliphatic imine (C=N–C) groups is 1. The number of hydrogen-bond acceptors (Lipinski definition) is 5. The van der Waals surface area contributed by atoms with Crippen molar-refractivity contribution in [3.8, 4) is 22.3 Å². The third-order valence-electron chi connectivity index (χ3n) is 11.4. The molecule has 0 spiro atoms. The van der Waals surface area contributed by atoms with E-state index in [9.17, 15) is 0 Å². The van der Waals surface area contributed by atoms with Crippen molar-refractivity contribution in [3.05, 3.63) is 179 Å². The molecule has 11 rings (SSSR count). The average molecular weight is 686 g/mol. The van der Waals surface area contributed by atoms with Crippen molar-refractivity contribution in [2.75, 3.05) is 0 Å². The normalized spacial score (nSPS) is 17.6. The van der Waals surface area contributed by atoms with Gasteiger partial charge in [0.15, 0.2) is 0 Å². The monoisotopic (exact) mass is 685 g/mol. The quantitative estimate of drug-likeness (QED) is 0.194. The lowest BCUT2D eigenvalue weighted by atomic mass is 9.82. The lowest BCUT2D eigenvalue weighted by Crippen LogP contribution is -2.45. The van der Waals surface area contributed by atoms with Crippen LogP contribution in [0.25, 0.3) is 66.1 Å². The first-order chi connectivity index (χ1) is 26.0. The molecule has 2 aromatic heterocycles. The molecule has 0 amide bonds. The van der Waals surface area contributed by atoms with Crippen LogP contribution in [-0.4, -0.2) is 5.84 Å². The molecule has 0 saturated carbocycles. The smallest absolute Gasteiger partial charge is 0.142 e. The fourth-order valence-electron chi connectivity index (χ4n) is 8.66. The summed E-state index contributed by atoms with van der Waals surface area (Å²) < 4.78 is 12.9. The highest BCUT2D eigenvalue weighted by Crippen LogP contribution is 2.49. The number of nitrogens with zero attached hydrogens (tertiary/aromatic N) is 1. The summed E-state index contributed by atoms with van der Waals surface area (Å²) in [6.45, 7) is 4.64. The first-order valence-electron chi connectivity index (χ1n) is 18.3. The predicted molar refractivity (Wildman–Crippen MR) is 215 cm³/mol. The molecule has 2 atom stereocenters. The van der Waals surface area contributed by atoms with Crippen LogP contribution in [0.1, 0.15) is 54.0 Å². The highest BCUT2D eigenvalue weighted by molar-refractivity contribution is 6.08. The van der Waals surface area contributed by atoms with E-state index in [0.29, 0.717) is 0 Å². The van der Waals surface area contributed by atoms with Crippen LogP contribution in [0.2, 0.25) is 0 Å². The molecule has 2 unspecified atom stereocenters. The number of para-hydroxylation sites is 2. The summed E-state index contributed by atoms with van der Waals surface area (Å²) in [6, 6.07) is 53.6. The van der Waals surface area contributed by atoms with E-state index < -0.39 is 0 Å². The first kappa shape index (κ1) is 30.2. The third kappa shape index (κ3) is 4.64. The van der Waals surface area contributed by atoms with Gasteiger partial charge in [-0.2, -0.15) is 0 Å². The molecule has 0 saturated heterocycles. The second-order valence-electron chi connectivity index (χ2n) is 14.8. The van der Waals surface area contributed by atoms with Gasteiger partial charge >= 0.3 is 0 Å². The van der Waals surface area contributed by atoms with Crippen LogP contribution in [0, 0.1) is 0 Å². The van der Waals surface area contributed by atoms with Gasteiger partial charge in [0.2, 0.25) is 0 Å². The molecular formula is C48H35N3O2. The molecule has 0 radical (unpaired) electrons. The van der Waals surface area contributed by atoms with Crippen molar-refractivity contribution in [2.45, 2.75) is 31.6 Å². The zero-order valence-electron chi connectivity index (χ0n) is 29.4. The molecule has 53 heavy (non-hydrogen) atoms. The van der Waals surface area contributed by atoms with Crippen molar-refractivity contribution in [1.82, 2.24) is 10.6 Å². The number of furan rings is 2. The number of hydrogen-bond donors (Lipinski definition) is 2. The van der Waals surface area contributed by atoms with Crippen molar-refractivity contribution in [2.24, 2.45) is 4.99 Å².